The van der Waals surface area contributed by atoms with Gasteiger partial charge >= 0.3 is 0 Å². The third-order valence-electron chi connectivity index (χ3n) is 5.71. The van der Waals surface area contributed by atoms with Gasteiger partial charge in [0, 0.05) is 27.9 Å². The smallest absolute Gasteiger partial charge is 0.135 e. The van der Waals surface area contributed by atoms with E-state index in [0.29, 0.717) is 0 Å². The Morgan fingerprint density at radius 2 is 1.33 bits per heavy atom. The van der Waals surface area contributed by atoms with Crippen LogP contribution < -0.4 is 0 Å². The van der Waals surface area contributed by atoms with Gasteiger partial charge in [-0.15, -0.1) is 0 Å². The molecule has 0 bridgehead atoms. The number of nitrogens with zero attached hydrogens (tertiary/aromatic N) is 1. The average Bonchev–Trinajstić information content (AvgIpc) is 3.17. The van der Waals surface area contributed by atoms with Crippen LogP contribution in [0.15, 0.2) is 108 Å². The van der Waals surface area contributed by atoms with E-state index in [1.807, 2.05) is 12.3 Å². The Bertz CT molecular complexity index is 1510. The van der Waals surface area contributed by atoms with E-state index in [0.717, 1.165) is 45.0 Å². The highest BCUT2D eigenvalue weighted by Crippen LogP contribution is 2.33. The second-order valence-electron chi connectivity index (χ2n) is 7.72. The molecular weight excluding hydrogens is 366 g/mol. The van der Waals surface area contributed by atoms with Gasteiger partial charge in [-0.05, 0) is 59.3 Å². The van der Waals surface area contributed by atoms with Gasteiger partial charge in [-0.1, -0.05) is 60.7 Å². The van der Waals surface area contributed by atoms with Crippen LogP contribution >= 0.6 is 0 Å². The maximum Gasteiger partial charge on any atom is 0.135 e. The molecule has 0 aliphatic rings. The Balaban J connectivity index is 1.46. The first kappa shape index (κ1) is 17.0. The van der Waals surface area contributed by atoms with Gasteiger partial charge in [0.1, 0.15) is 11.2 Å². The topological polar surface area (TPSA) is 26.0 Å². The van der Waals surface area contributed by atoms with Gasteiger partial charge in [0.15, 0.2) is 0 Å². The van der Waals surface area contributed by atoms with Gasteiger partial charge in [-0.25, -0.2) is 0 Å². The van der Waals surface area contributed by atoms with Crippen LogP contribution in [0, 0.1) is 0 Å². The Morgan fingerprint density at radius 1 is 0.600 bits per heavy atom. The molecule has 6 rings (SSSR count). The highest BCUT2D eigenvalue weighted by atomic mass is 16.3. The molecule has 0 N–H and O–H groups in total. The van der Waals surface area contributed by atoms with Crippen LogP contribution in [0.3, 0.4) is 0 Å². The zero-order valence-corrected chi connectivity index (χ0v) is 16.4. The molecule has 0 unspecified atom stereocenters. The van der Waals surface area contributed by atoms with E-state index in [2.05, 4.69) is 91.0 Å². The zero-order chi connectivity index (χ0) is 19.9. The van der Waals surface area contributed by atoms with E-state index in [4.69, 9.17) is 9.40 Å². The van der Waals surface area contributed by atoms with Crippen molar-refractivity contribution in [3.63, 3.8) is 0 Å². The summed E-state index contributed by atoms with van der Waals surface area (Å²) in [7, 11) is 0. The lowest BCUT2D eigenvalue weighted by molar-refractivity contribution is 0.669. The van der Waals surface area contributed by atoms with Crippen molar-refractivity contribution in [2.24, 2.45) is 0 Å². The number of benzene rings is 4. The predicted octanol–water partition coefficient (Wildman–Crippen LogP) is 7.39. The molecule has 6 aromatic rings. The largest absolute Gasteiger partial charge is 0.456 e. The molecule has 0 saturated heterocycles. The third kappa shape index (κ3) is 2.94. The van der Waals surface area contributed by atoms with E-state index < -0.39 is 0 Å². The minimum atomic E-state index is 0.909. The zero-order valence-electron chi connectivity index (χ0n) is 16.4. The molecule has 4 aromatic carbocycles. The predicted molar refractivity (Wildman–Crippen MR) is 124 cm³/mol. The molecule has 2 heteroatoms. The summed E-state index contributed by atoms with van der Waals surface area (Å²) >= 11 is 0. The summed E-state index contributed by atoms with van der Waals surface area (Å²) in [6, 6.07) is 33.9. The molecular formula is C28H19NO. The van der Waals surface area contributed by atoms with Gasteiger partial charge in [-0.3, -0.25) is 4.98 Å². The number of hydrogen-bond donors (Lipinski definition) is 0. The quantitative estimate of drug-likeness (QED) is 0.317. The molecule has 0 spiro atoms. The van der Waals surface area contributed by atoms with E-state index >= 15 is 0 Å². The van der Waals surface area contributed by atoms with Crippen molar-refractivity contribution < 1.29 is 4.42 Å². The molecule has 142 valence electrons. The minimum Gasteiger partial charge on any atom is -0.456 e. The van der Waals surface area contributed by atoms with Crippen LogP contribution in [0.5, 0.6) is 0 Å². The molecule has 0 atom stereocenters. The van der Waals surface area contributed by atoms with Crippen LogP contribution in [-0.2, 0) is 6.42 Å². The van der Waals surface area contributed by atoms with Crippen LogP contribution in [0.25, 0.3) is 44.0 Å². The van der Waals surface area contributed by atoms with Crippen LogP contribution in [0.4, 0.5) is 0 Å². The average molecular weight is 385 g/mol. The molecule has 0 aliphatic heterocycles. The summed E-state index contributed by atoms with van der Waals surface area (Å²) in [5.74, 6) is 0. The molecule has 2 nitrogen and oxygen atoms in total. The van der Waals surface area contributed by atoms with Crippen molar-refractivity contribution >= 4 is 32.7 Å². The van der Waals surface area contributed by atoms with Crippen LogP contribution in [0.2, 0.25) is 0 Å². The summed E-state index contributed by atoms with van der Waals surface area (Å²) in [4.78, 5) is 4.69. The maximum absolute atomic E-state index is 6.10. The Morgan fingerprint density at radius 3 is 2.20 bits per heavy atom. The van der Waals surface area contributed by atoms with Crippen molar-refractivity contribution in [3.05, 3.63) is 114 Å². The van der Waals surface area contributed by atoms with Crippen LogP contribution in [-0.4, -0.2) is 4.98 Å². The van der Waals surface area contributed by atoms with Gasteiger partial charge in [-0.2, -0.15) is 0 Å². The van der Waals surface area contributed by atoms with Gasteiger partial charge in [0.2, 0.25) is 0 Å². The second-order valence-corrected chi connectivity index (χ2v) is 7.72. The maximum atomic E-state index is 6.10. The number of aromatic nitrogens is 1. The van der Waals surface area contributed by atoms with Gasteiger partial charge in [0.05, 0.1) is 5.69 Å². The molecule has 0 amide bonds. The number of furan rings is 1. The first-order chi connectivity index (χ1) is 14.8. The second kappa shape index (κ2) is 6.85. The number of hydrogen-bond acceptors (Lipinski definition) is 2. The van der Waals surface area contributed by atoms with E-state index in [9.17, 15) is 0 Å². The third-order valence-corrected chi connectivity index (χ3v) is 5.71. The van der Waals surface area contributed by atoms with E-state index in [-0.39, 0.29) is 0 Å². The summed E-state index contributed by atoms with van der Waals surface area (Å²) < 4.78 is 6.10. The number of rotatable bonds is 3. The lowest BCUT2D eigenvalue weighted by atomic mass is 10.0. The Hall–Kier alpha value is -3.91. The van der Waals surface area contributed by atoms with Crippen molar-refractivity contribution in [1.29, 1.82) is 0 Å². The molecule has 30 heavy (non-hydrogen) atoms. The molecule has 2 aromatic heterocycles. The fraction of sp³-hybridized carbons (Fsp3) is 0.0357. The number of fused-ring (bicyclic) bond motifs is 4. The SMILES string of the molecule is c1ccc(Cc2ccc3oc4ccc(-c5cc6ccccc6cn5)cc4c3c2)cc1. The molecule has 0 radical (unpaired) electrons. The Kier molecular flexibility index (Phi) is 3.88. The first-order valence-corrected chi connectivity index (χ1v) is 10.2. The van der Waals surface area contributed by atoms with E-state index in [1.165, 1.54) is 16.5 Å². The molecule has 0 saturated carbocycles. The lowest BCUT2D eigenvalue weighted by Crippen LogP contribution is -1.87. The monoisotopic (exact) mass is 385 g/mol. The first-order valence-electron chi connectivity index (χ1n) is 10.2. The molecule has 0 aliphatic carbocycles. The fourth-order valence-corrected chi connectivity index (χ4v) is 4.17. The normalized spacial score (nSPS) is 11.5. The van der Waals surface area contributed by atoms with E-state index in [1.54, 1.807) is 0 Å². The van der Waals surface area contributed by atoms with Crippen molar-refractivity contribution in [2.45, 2.75) is 6.42 Å². The lowest BCUT2D eigenvalue weighted by Gasteiger charge is -2.04. The summed E-state index contributed by atoms with van der Waals surface area (Å²) in [6.45, 7) is 0. The summed E-state index contributed by atoms with van der Waals surface area (Å²) in [5, 5.41) is 4.64. The molecule has 0 fully saturated rings. The number of pyridine rings is 1. The highest BCUT2D eigenvalue weighted by Gasteiger charge is 2.10. The summed E-state index contributed by atoms with van der Waals surface area (Å²) in [6.07, 6.45) is 2.86. The highest BCUT2D eigenvalue weighted by molar-refractivity contribution is 6.06. The van der Waals surface area contributed by atoms with Gasteiger partial charge < -0.3 is 4.42 Å². The fourth-order valence-electron chi connectivity index (χ4n) is 4.17. The minimum absolute atomic E-state index is 0.909. The van der Waals surface area contributed by atoms with Crippen molar-refractivity contribution in [2.75, 3.05) is 0 Å². The summed E-state index contributed by atoms with van der Waals surface area (Å²) in [5.41, 5.74) is 6.50. The molecule has 2 heterocycles. The standard InChI is InChI=1S/C28H19NO/c1-2-6-19(7-3-1)14-20-10-12-27-24(15-20)25-16-22(11-13-28(25)30-27)26-17-21-8-4-5-9-23(21)18-29-26/h1-13,15-18H,14H2. The van der Waals surface area contributed by atoms with Crippen molar-refractivity contribution in [3.8, 4) is 11.3 Å². The van der Waals surface area contributed by atoms with Crippen LogP contribution in [0.1, 0.15) is 11.1 Å². The van der Waals surface area contributed by atoms with Gasteiger partial charge in [0.25, 0.3) is 0 Å². The van der Waals surface area contributed by atoms with Crippen molar-refractivity contribution in [1.82, 2.24) is 4.98 Å². The Labute approximate surface area is 174 Å².